The number of hydrogen-bond acceptors (Lipinski definition) is 5. The predicted octanol–water partition coefficient (Wildman–Crippen LogP) is 0.233. The van der Waals surface area contributed by atoms with Crippen LogP contribution in [-0.2, 0) is 4.74 Å². The lowest BCUT2D eigenvalue weighted by molar-refractivity contribution is 0.196. The van der Waals surface area contributed by atoms with Gasteiger partial charge in [0.2, 0.25) is 0 Å². The first-order valence-electron chi connectivity index (χ1n) is 5.01. The minimum Gasteiger partial charge on any atom is -0.385 e. The van der Waals surface area contributed by atoms with E-state index in [9.17, 15) is 0 Å². The second-order valence-corrected chi connectivity index (χ2v) is 3.44. The molecule has 0 aromatic carbocycles. The normalized spacial score (nSPS) is 10.1. The van der Waals surface area contributed by atoms with Crippen molar-refractivity contribution in [2.75, 3.05) is 32.2 Å². The SMILES string of the molecule is COCCCN(C)c1cnc(C(=N)N)cn1. The highest BCUT2D eigenvalue weighted by Crippen LogP contribution is 2.06. The molecule has 0 amide bonds. The lowest BCUT2D eigenvalue weighted by atomic mass is 10.4. The van der Waals surface area contributed by atoms with E-state index in [0.29, 0.717) is 5.69 Å². The van der Waals surface area contributed by atoms with E-state index in [1.807, 2.05) is 11.9 Å². The number of hydrogen-bond donors (Lipinski definition) is 2. The molecule has 6 nitrogen and oxygen atoms in total. The molecule has 1 heterocycles. The fraction of sp³-hybridized carbons (Fsp3) is 0.500. The van der Waals surface area contributed by atoms with Crippen LogP contribution in [0.4, 0.5) is 5.82 Å². The lowest BCUT2D eigenvalue weighted by Gasteiger charge is -2.17. The predicted molar refractivity (Wildman–Crippen MR) is 62.8 cm³/mol. The van der Waals surface area contributed by atoms with Gasteiger partial charge in [0.05, 0.1) is 12.4 Å². The van der Waals surface area contributed by atoms with Gasteiger partial charge in [-0.3, -0.25) is 5.41 Å². The molecule has 0 bridgehead atoms. The van der Waals surface area contributed by atoms with Gasteiger partial charge in [0, 0.05) is 27.3 Å². The average molecular weight is 223 g/mol. The molecule has 0 radical (unpaired) electrons. The molecule has 1 rings (SSSR count). The number of rotatable bonds is 6. The van der Waals surface area contributed by atoms with Crippen LogP contribution in [-0.4, -0.2) is 43.1 Å². The van der Waals surface area contributed by atoms with Gasteiger partial charge < -0.3 is 15.4 Å². The van der Waals surface area contributed by atoms with E-state index in [1.54, 1.807) is 13.3 Å². The van der Waals surface area contributed by atoms with Crippen molar-refractivity contribution in [1.82, 2.24) is 9.97 Å². The molecule has 16 heavy (non-hydrogen) atoms. The highest BCUT2D eigenvalue weighted by molar-refractivity contribution is 5.92. The Morgan fingerprint density at radius 2 is 2.25 bits per heavy atom. The number of nitrogens with two attached hydrogens (primary N) is 1. The van der Waals surface area contributed by atoms with Crippen LogP contribution in [0.15, 0.2) is 12.4 Å². The molecule has 1 aromatic heterocycles. The summed E-state index contributed by atoms with van der Waals surface area (Å²) < 4.78 is 4.97. The first-order chi connectivity index (χ1) is 7.65. The molecule has 0 fully saturated rings. The van der Waals surface area contributed by atoms with Crippen molar-refractivity contribution in [2.45, 2.75) is 6.42 Å². The molecule has 0 aliphatic rings. The molecule has 0 aliphatic carbocycles. The molecule has 0 unspecified atom stereocenters. The molecule has 0 spiro atoms. The van der Waals surface area contributed by atoms with Gasteiger partial charge in [-0.15, -0.1) is 0 Å². The molecule has 0 saturated heterocycles. The van der Waals surface area contributed by atoms with Crippen LogP contribution >= 0.6 is 0 Å². The van der Waals surface area contributed by atoms with E-state index in [0.717, 1.165) is 25.4 Å². The molecule has 88 valence electrons. The molecule has 6 heteroatoms. The van der Waals surface area contributed by atoms with Crippen LogP contribution in [0.1, 0.15) is 12.1 Å². The number of ether oxygens (including phenoxy) is 1. The Morgan fingerprint density at radius 3 is 2.75 bits per heavy atom. The van der Waals surface area contributed by atoms with Crippen LogP contribution in [0.25, 0.3) is 0 Å². The highest BCUT2D eigenvalue weighted by Gasteiger charge is 2.04. The number of anilines is 1. The zero-order valence-corrected chi connectivity index (χ0v) is 9.60. The van der Waals surface area contributed by atoms with Gasteiger partial charge in [-0.1, -0.05) is 0 Å². The lowest BCUT2D eigenvalue weighted by Crippen LogP contribution is -2.22. The Bertz CT molecular complexity index is 338. The van der Waals surface area contributed by atoms with Crippen LogP contribution in [0.2, 0.25) is 0 Å². The molecule has 1 aromatic rings. The molecular formula is C10H17N5O. The first kappa shape index (κ1) is 12.4. The first-order valence-corrected chi connectivity index (χ1v) is 5.01. The Hall–Kier alpha value is -1.69. The summed E-state index contributed by atoms with van der Waals surface area (Å²) in [5.74, 6) is 0.696. The van der Waals surface area contributed by atoms with Crippen molar-refractivity contribution in [3.63, 3.8) is 0 Å². The van der Waals surface area contributed by atoms with E-state index < -0.39 is 0 Å². The molecular weight excluding hydrogens is 206 g/mol. The quantitative estimate of drug-likeness (QED) is 0.409. The third kappa shape index (κ3) is 3.47. The number of aromatic nitrogens is 2. The second kappa shape index (κ2) is 6.02. The Kier molecular flexibility index (Phi) is 4.65. The summed E-state index contributed by atoms with van der Waals surface area (Å²) in [6.45, 7) is 1.57. The third-order valence-electron chi connectivity index (χ3n) is 2.15. The maximum absolute atomic E-state index is 7.19. The monoisotopic (exact) mass is 223 g/mol. The van der Waals surface area contributed by atoms with Gasteiger partial charge in [0.1, 0.15) is 17.3 Å². The molecule has 3 N–H and O–H groups in total. The fourth-order valence-corrected chi connectivity index (χ4v) is 1.22. The van der Waals surface area contributed by atoms with E-state index in [4.69, 9.17) is 15.9 Å². The largest absolute Gasteiger partial charge is 0.385 e. The Labute approximate surface area is 95.0 Å². The van der Waals surface area contributed by atoms with Gasteiger partial charge >= 0.3 is 0 Å². The molecule has 0 atom stereocenters. The van der Waals surface area contributed by atoms with E-state index >= 15 is 0 Å². The van der Waals surface area contributed by atoms with Crippen LogP contribution in [0, 0.1) is 5.41 Å². The van der Waals surface area contributed by atoms with E-state index in [2.05, 4.69) is 9.97 Å². The summed E-state index contributed by atoms with van der Waals surface area (Å²) in [5.41, 5.74) is 5.69. The van der Waals surface area contributed by atoms with Crippen LogP contribution in [0.5, 0.6) is 0 Å². The number of amidine groups is 1. The van der Waals surface area contributed by atoms with E-state index in [1.165, 1.54) is 6.20 Å². The van der Waals surface area contributed by atoms with Crippen LogP contribution in [0.3, 0.4) is 0 Å². The summed E-state index contributed by atoms with van der Waals surface area (Å²) in [6.07, 6.45) is 4.05. The maximum Gasteiger partial charge on any atom is 0.146 e. The van der Waals surface area contributed by atoms with Crippen molar-refractivity contribution >= 4 is 11.7 Å². The minimum atomic E-state index is -0.0684. The smallest absolute Gasteiger partial charge is 0.146 e. The zero-order chi connectivity index (χ0) is 12.0. The maximum atomic E-state index is 7.19. The summed E-state index contributed by atoms with van der Waals surface area (Å²) in [7, 11) is 3.62. The molecule has 0 saturated carbocycles. The van der Waals surface area contributed by atoms with Gasteiger partial charge in [0.15, 0.2) is 0 Å². The van der Waals surface area contributed by atoms with E-state index in [-0.39, 0.29) is 5.84 Å². The van der Waals surface area contributed by atoms with Gasteiger partial charge in [-0.2, -0.15) is 0 Å². The number of methoxy groups -OCH3 is 1. The van der Waals surface area contributed by atoms with Crippen LogP contribution < -0.4 is 10.6 Å². The van der Waals surface area contributed by atoms with Crippen molar-refractivity contribution < 1.29 is 4.74 Å². The van der Waals surface area contributed by atoms with Crippen molar-refractivity contribution in [1.29, 1.82) is 5.41 Å². The average Bonchev–Trinajstić information content (AvgIpc) is 2.29. The Morgan fingerprint density at radius 1 is 1.50 bits per heavy atom. The summed E-state index contributed by atoms with van der Waals surface area (Å²) in [5, 5.41) is 7.19. The molecule has 0 aliphatic heterocycles. The fourth-order valence-electron chi connectivity index (χ4n) is 1.22. The van der Waals surface area contributed by atoms with Gasteiger partial charge in [-0.05, 0) is 6.42 Å². The van der Waals surface area contributed by atoms with Gasteiger partial charge in [0.25, 0.3) is 0 Å². The minimum absolute atomic E-state index is 0.0684. The highest BCUT2D eigenvalue weighted by atomic mass is 16.5. The number of nitrogen functional groups attached to an aromatic ring is 1. The number of nitrogens with one attached hydrogen (secondary N) is 1. The number of nitrogens with zero attached hydrogens (tertiary/aromatic N) is 3. The van der Waals surface area contributed by atoms with Crippen molar-refractivity contribution in [2.24, 2.45) is 5.73 Å². The zero-order valence-electron chi connectivity index (χ0n) is 9.60. The van der Waals surface area contributed by atoms with Gasteiger partial charge in [-0.25, -0.2) is 9.97 Å². The summed E-state index contributed by atoms with van der Waals surface area (Å²) in [6, 6.07) is 0. The standard InChI is InChI=1S/C10H17N5O/c1-15(4-3-5-16-2)9-7-13-8(6-14-9)10(11)12/h6-7H,3-5H2,1-2H3,(H3,11,12). The second-order valence-electron chi connectivity index (χ2n) is 3.44. The third-order valence-corrected chi connectivity index (χ3v) is 2.15. The van der Waals surface area contributed by atoms with Crippen molar-refractivity contribution in [3.8, 4) is 0 Å². The topological polar surface area (TPSA) is 88.1 Å². The Balaban J connectivity index is 2.56. The summed E-state index contributed by atoms with van der Waals surface area (Å²) in [4.78, 5) is 10.2. The van der Waals surface area contributed by atoms with Crippen molar-refractivity contribution in [3.05, 3.63) is 18.1 Å². The summed E-state index contributed by atoms with van der Waals surface area (Å²) >= 11 is 0.